The Labute approximate surface area is 205 Å². The van der Waals surface area contributed by atoms with Gasteiger partial charge in [-0.15, -0.1) is 6.58 Å². The van der Waals surface area contributed by atoms with Crippen molar-refractivity contribution in [3.05, 3.63) is 47.3 Å². The first-order valence-electron chi connectivity index (χ1n) is 13.1. The number of nitrogens with zero attached hydrogens (tertiary/aromatic N) is 3. The summed E-state index contributed by atoms with van der Waals surface area (Å²) in [5.74, 6) is -1.76. The topological polar surface area (TPSA) is 30.9 Å². The van der Waals surface area contributed by atoms with Gasteiger partial charge < -0.3 is 10.2 Å². The number of allylic oxidation sites excluding steroid dienone is 3. The summed E-state index contributed by atoms with van der Waals surface area (Å²) in [7, 11) is 0. The fraction of sp³-hybridized carbons (Fsp3) is 0.679. The van der Waals surface area contributed by atoms with Crippen LogP contribution in [0, 0.1) is 0 Å². The zero-order valence-corrected chi connectivity index (χ0v) is 21.5. The third-order valence-corrected chi connectivity index (χ3v) is 7.87. The summed E-state index contributed by atoms with van der Waals surface area (Å²) in [4.78, 5) is 9.21. The molecule has 190 valence electrons. The van der Waals surface area contributed by atoms with Crippen molar-refractivity contribution in [3.63, 3.8) is 0 Å². The Kier molecular flexibility index (Phi) is 9.27. The fourth-order valence-corrected chi connectivity index (χ4v) is 5.61. The number of hydrogen-bond acceptors (Lipinski definition) is 4. The molecular weight excluding hydrogens is 430 g/mol. The Morgan fingerprint density at radius 3 is 2.35 bits per heavy atom. The van der Waals surface area contributed by atoms with Gasteiger partial charge in [-0.1, -0.05) is 26.0 Å². The highest BCUT2D eigenvalue weighted by Crippen LogP contribution is 2.42. The van der Waals surface area contributed by atoms with E-state index >= 15 is 0 Å². The predicted molar refractivity (Wildman–Crippen MR) is 140 cm³/mol. The first-order chi connectivity index (χ1) is 16.3. The van der Waals surface area contributed by atoms with Gasteiger partial charge >= 0.3 is 0 Å². The zero-order chi connectivity index (χ0) is 24.8. The van der Waals surface area contributed by atoms with Crippen LogP contribution in [0.3, 0.4) is 0 Å². The van der Waals surface area contributed by atoms with Crippen LogP contribution in [0.25, 0.3) is 0 Å². The van der Waals surface area contributed by atoms with Crippen LogP contribution >= 0.6 is 0 Å². The molecule has 0 radical (unpaired) electrons. The first-order valence-corrected chi connectivity index (χ1v) is 13.1. The number of rotatable bonds is 10. The van der Waals surface area contributed by atoms with Gasteiger partial charge in [-0.3, -0.25) is 4.90 Å². The van der Waals surface area contributed by atoms with Crippen molar-refractivity contribution >= 4 is 6.72 Å². The SMILES string of the molecule is C=CCCCN1CCC(N/C(N=C)=C2\C=C(CC)C(CC)=CC2(C)N2CCC(F)(F)CC2)CC1. The molecule has 1 aliphatic carbocycles. The smallest absolute Gasteiger partial charge is 0.250 e. The van der Waals surface area contributed by atoms with Crippen LogP contribution in [-0.4, -0.2) is 66.7 Å². The minimum absolute atomic E-state index is 0.0931. The van der Waals surface area contributed by atoms with Gasteiger partial charge in [0.15, 0.2) is 0 Å². The molecule has 0 aromatic rings. The maximum atomic E-state index is 14.0. The van der Waals surface area contributed by atoms with Gasteiger partial charge in [0.2, 0.25) is 0 Å². The molecule has 0 saturated carbocycles. The highest BCUT2D eigenvalue weighted by Gasteiger charge is 2.43. The molecule has 1 atom stereocenters. The number of aliphatic imine (C=N–C) groups is 1. The molecule has 34 heavy (non-hydrogen) atoms. The lowest BCUT2D eigenvalue weighted by molar-refractivity contribution is -0.0659. The number of nitrogens with one attached hydrogen (secondary N) is 1. The van der Waals surface area contributed by atoms with Gasteiger partial charge in [0.1, 0.15) is 5.82 Å². The summed E-state index contributed by atoms with van der Waals surface area (Å²) in [6.45, 7) is 18.3. The standard InChI is InChI=1S/C28H44F2N4/c1-6-9-10-15-33-16-11-24(12-17-33)32-26(31-5)25-20-22(7-2)23(8-3)21-27(25,4)34-18-13-28(29,30)14-19-34/h6,20-21,24,32H,1,5,7-19H2,2-4H3/b26-25+. The highest BCUT2D eigenvalue weighted by molar-refractivity contribution is 5.53. The van der Waals surface area contributed by atoms with Crippen molar-refractivity contribution < 1.29 is 8.78 Å². The zero-order valence-electron chi connectivity index (χ0n) is 21.5. The summed E-state index contributed by atoms with van der Waals surface area (Å²) < 4.78 is 27.9. The molecule has 0 bridgehead atoms. The molecule has 0 aromatic carbocycles. The van der Waals surface area contributed by atoms with E-state index in [9.17, 15) is 8.78 Å². The van der Waals surface area contributed by atoms with E-state index in [-0.39, 0.29) is 12.8 Å². The molecule has 2 saturated heterocycles. The highest BCUT2D eigenvalue weighted by atomic mass is 19.3. The molecule has 3 rings (SSSR count). The average Bonchev–Trinajstić information content (AvgIpc) is 2.83. The molecule has 2 aliphatic heterocycles. The van der Waals surface area contributed by atoms with E-state index in [0.29, 0.717) is 19.1 Å². The van der Waals surface area contributed by atoms with Crippen LogP contribution in [0.4, 0.5) is 8.78 Å². The lowest BCUT2D eigenvalue weighted by Gasteiger charge is -2.47. The third kappa shape index (κ3) is 6.25. The van der Waals surface area contributed by atoms with Crippen molar-refractivity contribution in [2.24, 2.45) is 4.99 Å². The van der Waals surface area contributed by atoms with Crippen molar-refractivity contribution in [1.82, 2.24) is 15.1 Å². The number of halogens is 2. The van der Waals surface area contributed by atoms with Crippen LogP contribution in [0.1, 0.15) is 72.1 Å². The maximum Gasteiger partial charge on any atom is 0.250 e. The Morgan fingerprint density at radius 2 is 1.79 bits per heavy atom. The van der Waals surface area contributed by atoms with E-state index in [2.05, 4.69) is 66.3 Å². The molecule has 0 spiro atoms. The van der Waals surface area contributed by atoms with Crippen molar-refractivity contribution in [1.29, 1.82) is 0 Å². The summed E-state index contributed by atoms with van der Waals surface area (Å²) in [5.41, 5.74) is 3.20. The Balaban J connectivity index is 1.83. The largest absolute Gasteiger partial charge is 0.367 e. The molecule has 2 heterocycles. The molecule has 3 aliphatic rings. The van der Waals surface area contributed by atoms with E-state index in [1.54, 1.807) is 0 Å². The summed E-state index contributed by atoms with van der Waals surface area (Å²) in [5, 5.41) is 3.71. The molecule has 0 aromatic heterocycles. The van der Waals surface area contributed by atoms with Gasteiger partial charge in [0.25, 0.3) is 5.92 Å². The Morgan fingerprint density at radius 1 is 1.15 bits per heavy atom. The lowest BCUT2D eigenvalue weighted by atomic mass is 9.77. The van der Waals surface area contributed by atoms with Crippen molar-refractivity contribution in [3.8, 4) is 0 Å². The van der Waals surface area contributed by atoms with Gasteiger partial charge in [0, 0.05) is 50.6 Å². The second kappa shape index (κ2) is 11.8. The summed E-state index contributed by atoms with van der Waals surface area (Å²) >= 11 is 0. The van der Waals surface area contributed by atoms with E-state index in [0.717, 1.165) is 69.6 Å². The number of unbranched alkanes of at least 4 members (excludes halogenated alkanes) is 1. The minimum Gasteiger partial charge on any atom is -0.367 e. The van der Waals surface area contributed by atoms with Crippen LogP contribution in [0.5, 0.6) is 0 Å². The molecule has 1 N–H and O–H groups in total. The van der Waals surface area contributed by atoms with E-state index in [1.165, 1.54) is 11.1 Å². The first kappa shape index (κ1) is 26.8. The lowest BCUT2D eigenvalue weighted by Crippen LogP contribution is -2.53. The average molecular weight is 475 g/mol. The number of likely N-dealkylation sites (tertiary alicyclic amines) is 2. The van der Waals surface area contributed by atoms with Gasteiger partial charge in [-0.25, -0.2) is 13.8 Å². The minimum atomic E-state index is -2.56. The molecule has 1 unspecified atom stereocenters. The third-order valence-electron chi connectivity index (χ3n) is 7.87. The Bertz CT molecular complexity index is 810. The second-order valence-electron chi connectivity index (χ2n) is 10.1. The number of piperidine rings is 2. The predicted octanol–water partition coefficient (Wildman–Crippen LogP) is 6.10. The summed E-state index contributed by atoms with van der Waals surface area (Å²) in [6, 6.07) is 0.341. The van der Waals surface area contributed by atoms with Gasteiger partial charge in [-0.2, -0.15) is 0 Å². The van der Waals surface area contributed by atoms with E-state index in [1.807, 2.05) is 6.08 Å². The van der Waals surface area contributed by atoms with E-state index < -0.39 is 11.5 Å². The molecule has 0 amide bonds. The van der Waals surface area contributed by atoms with Crippen LogP contribution in [0.2, 0.25) is 0 Å². The second-order valence-corrected chi connectivity index (χ2v) is 10.1. The monoisotopic (exact) mass is 474 g/mol. The molecule has 2 fully saturated rings. The molecular formula is C28H44F2N4. The maximum absolute atomic E-state index is 14.0. The van der Waals surface area contributed by atoms with Crippen LogP contribution in [0.15, 0.2) is 52.3 Å². The van der Waals surface area contributed by atoms with Gasteiger partial charge in [-0.05, 0) is 75.9 Å². The summed E-state index contributed by atoms with van der Waals surface area (Å²) in [6.07, 6.45) is 12.6. The van der Waals surface area contributed by atoms with E-state index in [4.69, 9.17) is 0 Å². The molecule has 6 heteroatoms. The van der Waals surface area contributed by atoms with Crippen LogP contribution in [-0.2, 0) is 0 Å². The normalized spacial score (nSPS) is 28.1. The van der Waals surface area contributed by atoms with Gasteiger partial charge in [0.05, 0.1) is 5.54 Å². The number of hydrogen-bond donors (Lipinski definition) is 1. The fourth-order valence-electron chi connectivity index (χ4n) is 5.61. The van der Waals surface area contributed by atoms with Crippen molar-refractivity contribution in [2.45, 2.75) is 89.6 Å². The molecule has 4 nitrogen and oxygen atoms in total. The Hall–Kier alpha value is -1.79. The number of alkyl halides is 2. The van der Waals surface area contributed by atoms with Crippen molar-refractivity contribution in [2.75, 3.05) is 32.7 Å². The van der Waals surface area contributed by atoms with Crippen LogP contribution < -0.4 is 5.32 Å². The quantitative estimate of drug-likeness (QED) is 0.236.